The summed E-state index contributed by atoms with van der Waals surface area (Å²) in [4.78, 5) is 0. The quantitative estimate of drug-likeness (QED) is 0.722. The van der Waals surface area contributed by atoms with Crippen molar-refractivity contribution >= 4 is 12.4 Å². The molecule has 3 atom stereocenters. The first-order valence-electron chi connectivity index (χ1n) is 9.98. The Morgan fingerprint density at radius 1 is 1.23 bits per heavy atom. The highest BCUT2D eigenvalue weighted by atomic mass is 35.5. The zero-order chi connectivity index (χ0) is 17.5. The van der Waals surface area contributed by atoms with Gasteiger partial charge in [0.2, 0.25) is 0 Å². The Morgan fingerprint density at radius 3 is 2.73 bits per heavy atom. The van der Waals surface area contributed by atoms with Gasteiger partial charge in [-0.25, -0.2) is 0 Å². The van der Waals surface area contributed by atoms with Crippen LogP contribution < -0.4 is 15.4 Å². The SMILES string of the molecule is CC(C)COc1ccc(CCNC2CCCC2C2COCCN2)cc1.Cl. The Morgan fingerprint density at radius 2 is 2.04 bits per heavy atom. The molecule has 1 aliphatic heterocycles. The minimum atomic E-state index is 0. The Balaban J connectivity index is 0.00000243. The minimum Gasteiger partial charge on any atom is -0.493 e. The van der Waals surface area contributed by atoms with Crippen LogP contribution in [0.2, 0.25) is 0 Å². The summed E-state index contributed by atoms with van der Waals surface area (Å²) in [5, 5.41) is 7.45. The number of ether oxygens (including phenoxy) is 2. The molecule has 0 bridgehead atoms. The highest BCUT2D eigenvalue weighted by Crippen LogP contribution is 2.29. The van der Waals surface area contributed by atoms with E-state index in [1.54, 1.807) is 0 Å². The predicted octanol–water partition coefficient (Wildman–Crippen LogP) is 3.43. The molecule has 148 valence electrons. The molecule has 0 aromatic heterocycles. The molecule has 0 radical (unpaired) electrons. The summed E-state index contributed by atoms with van der Waals surface area (Å²) in [5.74, 6) is 2.25. The Bertz CT molecular complexity index is 503. The molecule has 1 heterocycles. The van der Waals surface area contributed by atoms with E-state index < -0.39 is 0 Å². The standard InChI is InChI=1S/C21H34N2O2.ClH/c1-16(2)14-25-18-8-6-17(7-9-18)10-11-22-20-5-3-4-19(20)21-15-24-13-12-23-21;/h6-9,16,19-23H,3-5,10-15H2,1-2H3;1H. The molecule has 2 aliphatic rings. The molecule has 3 unspecified atom stereocenters. The van der Waals surface area contributed by atoms with Gasteiger partial charge in [-0.15, -0.1) is 12.4 Å². The van der Waals surface area contributed by atoms with Crippen LogP contribution in [-0.2, 0) is 11.2 Å². The van der Waals surface area contributed by atoms with Gasteiger partial charge < -0.3 is 20.1 Å². The van der Waals surface area contributed by atoms with Crippen LogP contribution in [-0.4, -0.2) is 45.0 Å². The second kappa shape index (κ2) is 11.1. The van der Waals surface area contributed by atoms with Gasteiger partial charge in [-0.05, 0) is 55.3 Å². The van der Waals surface area contributed by atoms with Crippen molar-refractivity contribution in [2.24, 2.45) is 11.8 Å². The number of halogens is 1. The third-order valence-electron chi connectivity index (χ3n) is 5.36. The summed E-state index contributed by atoms with van der Waals surface area (Å²) in [6.45, 7) is 8.90. The molecule has 1 aromatic rings. The van der Waals surface area contributed by atoms with Crippen LogP contribution in [0.4, 0.5) is 0 Å². The van der Waals surface area contributed by atoms with Gasteiger partial charge in [-0.2, -0.15) is 0 Å². The molecule has 3 rings (SSSR count). The number of hydrogen-bond donors (Lipinski definition) is 2. The van der Waals surface area contributed by atoms with Crippen molar-refractivity contribution in [1.29, 1.82) is 0 Å². The fourth-order valence-electron chi connectivity index (χ4n) is 4.00. The summed E-state index contributed by atoms with van der Waals surface area (Å²) in [7, 11) is 0. The largest absolute Gasteiger partial charge is 0.493 e. The van der Waals surface area contributed by atoms with E-state index in [1.165, 1.54) is 24.8 Å². The maximum absolute atomic E-state index is 5.75. The van der Waals surface area contributed by atoms with E-state index in [1.807, 2.05) is 0 Å². The van der Waals surface area contributed by atoms with Gasteiger partial charge in [0.05, 0.1) is 19.8 Å². The zero-order valence-electron chi connectivity index (χ0n) is 16.2. The highest BCUT2D eigenvalue weighted by molar-refractivity contribution is 5.85. The first kappa shape index (κ1) is 21.5. The first-order chi connectivity index (χ1) is 12.2. The fraction of sp³-hybridized carbons (Fsp3) is 0.714. The van der Waals surface area contributed by atoms with Crippen LogP contribution in [0.15, 0.2) is 24.3 Å². The molecule has 0 spiro atoms. The smallest absolute Gasteiger partial charge is 0.119 e. The van der Waals surface area contributed by atoms with Gasteiger partial charge in [0.25, 0.3) is 0 Å². The molecule has 5 heteroatoms. The maximum atomic E-state index is 5.75. The fourth-order valence-corrected chi connectivity index (χ4v) is 4.00. The predicted molar refractivity (Wildman–Crippen MR) is 109 cm³/mol. The van der Waals surface area contributed by atoms with Gasteiger partial charge in [0.15, 0.2) is 0 Å². The number of nitrogens with one attached hydrogen (secondary N) is 2. The molecule has 1 aliphatic carbocycles. The Labute approximate surface area is 164 Å². The lowest BCUT2D eigenvalue weighted by atomic mass is 9.94. The van der Waals surface area contributed by atoms with Crippen LogP contribution >= 0.6 is 12.4 Å². The topological polar surface area (TPSA) is 42.5 Å². The Kier molecular flexibility index (Phi) is 9.20. The van der Waals surface area contributed by atoms with Crippen molar-refractivity contribution in [2.75, 3.05) is 32.9 Å². The second-order valence-corrected chi connectivity index (χ2v) is 7.89. The Hall–Kier alpha value is -0.810. The molecule has 1 saturated heterocycles. The molecule has 1 saturated carbocycles. The lowest BCUT2D eigenvalue weighted by Gasteiger charge is -2.33. The van der Waals surface area contributed by atoms with Crippen molar-refractivity contribution < 1.29 is 9.47 Å². The number of morpholine rings is 1. The molecule has 2 fully saturated rings. The van der Waals surface area contributed by atoms with Gasteiger partial charge in [0, 0.05) is 18.6 Å². The summed E-state index contributed by atoms with van der Waals surface area (Å²) >= 11 is 0. The zero-order valence-corrected chi connectivity index (χ0v) is 17.0. The van der Waals surface area contributed by atoms with E-state index in [4.69, 9.17) is 9.47 Å². The van der Waals surface area contributed by atoms with E-state index in [0.717, 1.165) is 45.1 Å². The van der Waals surface area contributed by atoms with E-state index in [-0.39, 0.29) is 12.4 Å². The van der Waals surface area contributed by atoms with E-state index in [2.05, 4.69) is 48.7 Å². The highest BCUT2D eigenvalue weighted by Gasteiger charge is 2.34. The van der Waals surface area contributed by atoms with E-state index in [9.17, 15) is 0 Å². The summed E-state index contributed by atoms with van der Waals surface area (Å²) in [5.41, 5.74) is 1.37. The van der Waals surface area contributed by atoms with Gasteiger partial charge in [0.1, 0.15) is 5.75 Å². The van der Waals surface area contributed by atoms with Crippen molar-refractivity contribution in [3.63, 3.8) is 0 Å². The summed E-state index contributed by atoms with van der Waals surface area (Å²) < 4.78 is 11.4. The molecule has 2 N–H and O–H groups in total. The summed E-state index contributed by atoms with van der Waals surface area (Å²) in [6.07, 6.45) is 5.02. The summed E-state index contributed by atoms with van der Waals surface area (Å²) in [6, 6.07) is 9.75. The van der Waals surface area contributed by atoms with Crippen LogP contribution in [0.3, 0.4) is 0 Å². The van der Waals surface area contributed by atoms with Crippen molar-refractivity contribution in [3.8, 4) is 5.75 Å². The molecule has 4 nitrogen and oxygen atoms in total. The second-order valence-electron chi connectivity index (χ2n) is 7.89. The van der Waals surface area contributed by atoms with Gasteiger partial charge >= 0.3 is 0 Å². The van der Waals surface area contributed by atoms with Crippen molar-refractivity contribution in [1.82, 2.24) is 10.6 Å². The minimum absolute atomic E-state index is 0. The monoisotopic (exact) mass is 382 g/mol. The molecular weight excluding hydrogens is 348 g/mol. The van der Waals surface area contributed by atoms with Gasteiger partial charge in [-0.1, -0.05) is 32.4 Å². The molecule has 26 heavy (non-hydrogen) atoms. The maximum Gasteiger partial charge on any atom is 0.119 e. The lowest BCUT2D eigenvalue weighted by molar-refractivity contribution is 0.0526. The van der Waals surface area contributed by atoms with Crippen LogP contribution in [0.25, 0.3) is 0 Å². The van der Waals surface area contributed by atoms with E-state index >= 15 is 0 Å². The number of benzene rings is 1. The van der Waals surface area contributed by atoms with Crippen LogP contribution in [0.1, 0.15) is 38.7 Å². The number of rotatable bonds is 8. The van der Waals surface area contributed by atoms with Crippen molar-refractivity contribution in [2.45, 2.75) is 51.6 Å². The lowest BCUT2D eigenvalue weighted by Crippen LogP contribution is -2.51. The number of hydrogen-bond acceptors (Lipinski definition) is 4. The van der Waals surface area contributed by atoms with E-state index in [0.29, 0.717) is 23.9 Å². The van der Waals surface area contributed by atoms with Crippen molar-refractivity contribution in [3.05, 3.63) is 29.8 Å². The van der Waals surface area contributed by atoms with Crippen LogP contribution in [0, 0.1) is 11.8 Å². The average Bonchev–Trinajstić information content (AvgIpc) is 3.10. The average molecular weight is 383 g/mol. The molecular formula is C21H35ClN2O2. The first-order valence-corrected chi connectivity index (χ1v) is 9.98. The van der Waals surface area contributed by atoms with Gasteiger partial charge in [-0.3, -0.25) is 0 Å². The normalized spacial score (nSPS) is 25.9. The third kappa shape index (κ3) is 6.41. The molecule has 1 aromatic carbocycles. The third-order valence-corrected chi connectivity index (χ3v) is 5.36. The molecule has 0 amide bonds. The van der Waals surface area contributed by atoms with Crippen LogP contribution in [0.5, 0.6) is 5.75 Å².